The van der Waals surface area contributed by atoms with Crippen molar-refractivity contribution in [3.8, 4) is 0 Å². The first-order valence-electron chi connectivity index (χ1n) is 9.86. The molecule has 2 aliphatic heterocycles. The molecule has 0 aliphatic carbocycles. The number of carboxylic acids is 1. The first kappa shape index (κ1) is 26.5. The number of aliphatic carboxylic acids is 1. The van der Waals surface area contributed by atoms with E-state index in [9.17, 15) is 29.5 Å². The molecule has 0 radical (unpaired) electrons. The molecule has 1 fully saturated rings. The van der Waals surface area contributed by atoms with Crippen LogP contribution < -0.4 is 16.5 Å². The Morgan fingerprint density at radius 1 is 1.35 bits per heavy atom. The van der Waals surface area contributed by atoms with Gasteiger partial charge in [-0.2, -0.15) is 0 Å². The van der Waals surface area contributed by atoms with Crippen LogP contribution in [0, 0.1) is 0 Å². The molecule has 5 rings (SSSR count). The van der Waals surface area contributed by atoms with E-state index in [0.717, 1.165) is 32.7 Å². The number of nitrogens with zero attached hydrogens (tertiary/aromatic N) is 3. The third kappa shape index (κ3) is 4.55. The molecule has 0 saturated carbocycles. The van der Waals surface area contributed by atoms with Gasteiger partial charge < -0.3 is 21.4 Å². The minimum absolute atomic E-state index is 0.0286. The van der Waals surface area contributed by atoms with E-state index in [1.165, 1.54) is 34.4 Å². The molecule has 2 aliphatic rings. The Hall–Kier alpha value is -2.15. The molecule has 1 saturated heterocycles. The minimum Gasteiger partial charge on any atom is -0.477 e. The smallest absolute Gasteiger partial charge is 0.353 e. The van der Waals surface area contributed by atoms with Gasteiger partial charge in [0.05, 0.1) is 18.1 Å². The van der Waals surface area contributed by atoms with Crippen molar-refractivity contribution < 1.29 is 24.7 Å². The number of nitrogen functional groups attached to an aromatic ring is 1. The lowest BCUT2D eigenvalue weighted by atomic mass is 10.0. The molecule has 5 N–H and O–H groups in total. The number of aromatic nitrogens is 1. The summed E-state index contributed by atoms with van der Waals surface area (Å²) in [6.07, 6.45) is 0. The Balaban J connectivity index is 1.40. The highest BCUT2D eigenvalue weighted by Gasteiger charge is 2.54. The highest BCUT2D eigenvalue weighted by atomic mass is 79.9. The van der Waals surface area contributed by atoms with E-state index >= 15 is 0 Å². The Kier molecular flexibility index (Phi) is 7.29. The SMILES string of the molecule is Nc1nc(C(=NO)C(=O)NC2C(=O)N3C(C(=O)O)=C(Sc4sc5ccsc5c(=O)c4Br)CS[C@@H]23)c(Cl)s1. The number of β-lactam (4-membered cyclic amide) rings is 1. The summed E-state index contributed by atoms with van der Waals surface area (Å²) in [6, 6.07) is 0.749. The molecule has 11 nitrogen and oxygen atoms in total. The summed E-state index contributed by atoms with van der Waals surface area (Å²) in [5.74, 6) is -2.67. The first-order valence-corrected chi connectivity index (χ1v) is 15.4. The number of thiazole rings is 1. The number of amides is 2. The first-order chi connectivity index (χ1) is 17.6. The van der Waals surface area contributed by atoms with E-state index in [0.29, 0.717) is 18.3 Å². The van der Waals surface area contributed by atoms with E-state index in [4.69, 9.17) is 17.3 Å². The van der Waals surface area contributed by atoms with Crippen LogP contribution in [-0.4, -0.2) is 60.9 Å². The normalized spacial score (nSPS) is 19.7. The third-order valence-corrected chi connectivity index (χ3v) is 12.5. The second-order valence-electron chi connectivity index (χ2n) is 7.31. The summed E-state index contributed by atoms with van der Waals surface area (Å²) in [7, 11) is 0. The molecule has 3 aromatic heterocycles. The Morgan fingerprint density at radius 2 is 2.11 bits per heavy atom. The largest absolute Gasteiger partial charge is 0.477 e. The van der Waals surface area contributed by atoms with Crippen molar-refractivity contribution in [3.05, 3.63) is 46.8 Å². The molecule has 3 aromatic rings. The second kappa shape index (κ2) is 10.2. The van der Waals surface area contributed by atoms with Gasteiger partial charge in [-0.05, 0) is 27.4 Å². The predicted octanol–water partition coefficient (Wildman–Crippen LogP) is 3.44. The topological polar surface area (TPSA) is 175 Å². The summed E-state index contributed by atoms with van der Waals surface area (Å²) in [4.78, 5) is 56.0. The number of carbonyl (C=O) groups excluding carboxylic acids is 2. The van der Waals surface area contributed by atoms with Crippen LogP contribution in [0.2, 0.25) is 4.34 Å². The molecule has 2 amide bonds. The zero-order valence-corrected chi connectivity index (χ0v) is 24.2. The van der Waals surface area contributed by atoms with Crippen LogP contribution in [0.1, 0.15) is 5.69 Å². The van der Waals surface area contributed by atoms with Gasteiger partial charge in [-0.15, -0.1) is 34.4 Å². The van der Waals surface area contributed by atoms with Gasteiger partial charge in [-0.1, -0.05) is 39.9 Å². The third-order valence-electron chi connectivity index (χ3n) is 5.20. The lowest BCUT2D eigenvalue weighted by Gasteiger charge is -2.49. The molecule has 5 heterocycles. The minimum atomic E-state index is -1.31. The van der Waals surface area contributed by atoms with Gasteiger partial charge >= 0.3 is 5.97 Å². The number of hydrogen-bond acceptors (Lipinski definition) is 13. The van der Waals surface area contributed by atoms with Crippen molar-refractivity contribution in [3.63, 3.8) is 0 Å². The van der Waals surface area contributed by atoms with E-state index in [1.807, 2.05) is 11.4 Å². The molecule has 0 bridgehead atoms. The summed E-state index contributed by atoms with van der Waals surface area (Å²) < 4.78 is 2.33. The van der Waals surface area contributed by atoms with Gasteiger partial charge in [0, 0.05) is 10.7 Å². The van der Waals surface area contributed by atoms with Crippen molar-refractivity contribution in [2.24, 2.45) is 5.16 Å². The fraction of sp³-hybridized carbons (Fsp3) is 0.158. The van der Waals surface area contributed by atoms with E-state index < -0.39 is 34.9 Å². The number of thioether (sulfide) groups is 2. The zero-order chi connectivity index (χ0) is 26.6. The van der Waals surface area contributed by atoms with Crippen LogP contribution in [0.25, 0.3) is 9.40 Å². The van der Waals surface area contributed by atoms with Gasteiger partial charge in [-0.25, -0.2) is 9.78 Å². The van der Waals surface area contributed by atoms with E-state index in [2.05, 4.69) is 31.4 Å². The summed E-state index contributed by atoms with van der Waals surface area (Å²) >= 11 is 15.3. The predicted molar refractivity (Wildman–Crippen MR) is 149 cm³/mol. The monoisotopic (exact) mass is 679 g/mol. The van der Waals surface area contributed by atoms with Gasteiger partial charge in [-0.3, -0.25) is 19.3 Å². The maximum absolute atomic E-state index is 13.0. The standard InChI is InChI=1S/C19H11BrClN5O6S5/c20-6-11(27)12-4(1-2-33-12)35-18(6)36-5-3-34-16-9(15(29)26(16)10(5)17(30)31)23-14(28)8(25-32)7-13(21)37-19(22)24-7/h1-2,9,16,32H,3H2,(H2,22,24)(H,23,28)(H,30,31)/t9?,16-/m0/s1. The molecule has 1 unspecified atom stereocenters. The molecule has 0 aromatic carbocycles. The lowest BCUT2D eigenvalue weighted by Crippen LogP contribution is -2.71. The van der Waals surface area contributed by atoms with Crippen LogP contribution in [0.3, 0.4) is 0 Å². The zero-order valence-electron chi connectivity index (χ0n) is 17.8. The number of carbonyl (C=O) groups is 3. The van der Waals surface area contributed by atoms with Crippen molar-refractivity contribution >= 4 is 123 Å². The molecule has 18 heteroatoms. The fourth-order valence-electron chi connectivity index (χ4n) is 3.60. The van der Waals surface area contributed by atoms with Crippen molar-refractivity contribution in [2.45, 2.75) is 15.6 Å². The number of oxime groups is 1. The average Bonchev–Trinajstić information content (AvgIpc) is 3.46. The van der Waals surface area contributed by atoms with E-state index in [1.54, 1.807) is 0 Å². The van der Waals surface area contributed by atoms with Crippen LogP contribution in [0.15, 0.2) is 40.7 Å². The Labute approximate surface area is 240 Å². The van der Waals surface area contributed by atoms with E-state index in [-0.39, 0.29) is 32.0 Å². The average molecular weight is 681 g/mol. The summed E-state index contributed by atoms with van der Waals surface area (Å²) in [5, 5.41) is 25.9. The molecule has 37 heavy (non-hydrogen) atoms. The number of anilines is 1. The highest BCUT2D eigenvalue weighted by molar-refractivity contribution is 9.10. The highest BCUT2D eigenvalue weighted by Crippen LogP contribution is 2.47. The maximum atomic E-state index is 13.0. The number of fused-ring (bicyclic) bond motifs is 2. The number of nitrogens with one attached hydrogen (secondary N) is 1. The van der Waals surface area contributed by atoms with Gasteiger partial charge in [0.15, 0.2) is 10.8 Å². The molecule has 192 valence electrons. The van der Waals surface area contributed by atoms with Crippen LogP contribution in [0.4, 0.5) is 5.13 Å². The van der Waals surface area contributed by atoms with Crippen molar-refractivity contribution in [1.82, 2.24) is 15.2 Å². The Morgan fingerprint density at radius 3 is 2.76 bits per heavy atom. The van der Waals surface area contributed by atoms with Crippen LogP contribution in [-0.2, 0) is 14.4 Å². The number of halogens is 2. The van der Waals surface area contributed by atoms with Crippen molar-refractivity contribution in [1.29, 1.82) is 0 Å². The number of hydrogen-bond donors (Lipinski definition) is 4. The van der Waals surface area contributed by atoms with Gasteiger partial charge in [0.1, 0.15) is 27.1 Å². The summed E-state index contributed by atoms with van der Waals surface area (Å²) in [5.41, 5.74) is 4.51. The maximum Gasteiger partial charge on any atom is 0.353 e. The summed E-state index contributed by atoms with van der Waals surface area (Å²) in [6.45, 7) is 0. The number of thiophene rings is 1. The van der Waals surface area contributed by atoms with Gasteiger partial charge in [0.25, 0.3) is 11.8 Å². The molecular formula is C19H11BrClN5O6S5. The van der Waals surface area contributed by atoms with Gasteiger partial charge in [0.2, 0.25) is 5.43 Å². The molecule has 2 atom stereocenters. The molecular weight excluding hydrogens is 670 g/mol. The quantitative estimate of drug-likeness (QED) is 0.131. The molecule has 0 spiro atoms. The Bertz CT molecular complexity index is 1620. The number of rotatable bonds is 6. The number of carboxylic acid groups (broad SMARTS) is 1. The number of nitrogens with two attached hydrogens (primary N) is 1. The van der Waals surface area contributed by atoms with Crippen molar-refractivity contribution in [2.75, 3.05) is 11.5 Å². The lowest BCUT2D eigenvalue weighted by molar-refractivity contribution is -0.150. The second-order valence-corrected chi connectivity index (χ2v) is 14.2. The van der Waals surface area contributed by atoms with Crippen LogP contribution >= 0.6 is 85.1 Å². The van der Waals surface area contributed by atoms with Crippen LogP contribution in [0.5, 0.6) is 0 Å². The fourth-order valence-corrected chi connectivity index (χ4v) is 10.2.